The Labute approximate surface area is 50.6 Å². The Bertz CT molecular complexity index is 127. The molecule has 0 N–H and O–H groups in total. The largest absolute Gasteiger partial charge is 0.103 e. The summed E-state index contributed by atoms with van der Waals surface area (Å²) in [6, 6.07) is 0. The van der Waals surface area contributed by atoms with Gasteiger partial charge in [0, 0.05) is 0 Å². The smallest absolute Gasteiger partial charge is 0.00609 e. The molecular formula is C8H12. The molecule has 0 saturated heterocycles. The van der Waals surface area contributed by atoms with Crippen molar-refractivity contribution < 1.29 is 0 Å². The maximum Gasteiger partial charge on any atom is -0.00609 e. The van der Waals surface area contributed by atoms with Crippen LogP contribution in [-0.2, 0) is 0 Å². The molecule has 2 unspecified atom stereocenters. The molecule has 2 atom stereocenters. The van der Waals surface area contributed by atoms with E-state index in [1.165, 1.54) is 12.8 Å². The van der Waals surface area contributed by atoms with Gasteiger partial charge in [-0.2, -0.15) is 0 Å². The molecule has 2 rings (SSSR count). The first kappa shape index (κ1) is 4.60. The fourth-order valence-electron chi connectivity index (χ4n) is 2.07. The van der Waals surface area contributed by atoms with E-state index in [-0.39, 0.29) is 0 Å². The molecule has 0 aliphatic heterocycles. The van der Waals surface area contributed by atoms with E-state index in [0.29, 0.717) is 5.41 Å². The van der Waals surface area contributed by atoms with Crippen LogP contribution in [0.2, 0.25) is 0 Å². The van der Waals surface area contributed by atoms with Gasteiger partial charge in [0.15, 0.2) is 0 Å². The molecule has 0 radical (unpaired) electrons. The molecule has 0 spiro atoms. The first-order valence-corrected chi connectivity index (χ1v) is 3.48. The Morgan fingerprint density at radius 3 is 2.38 bits per heavy atom. The summed E-state index contributed by atoms with van der Waals surface area (Å²) in [5, 5.41) is 0. The van der Waals surface area contributed by atoms with E-state index in [0.717, 1.165) is 11.8 Å². The van der Waals surface area contributed by atoms with Crippen LogP contribution in [0, 0.1) is 17.3 Å². The average molecular weight is 108 g/mol. The van der Waals surface area contributed by atoms with Gasteiger partial charge in [-0.15, -0.1) is 6.58 Å². The van der Waals surface area contributed by atoms with Crippen LogP contribution in [0.25, 0.3) is 0 Å². The summed E-state index contributed by atoms with van der Waals surface area (Å²) in [7, 11) is 0. The fraction of sp³-hybridized carbons (Fsp3) is 0.750. The number of hydrogen-bond donors (Lipinski definition) is 0. The van der Waals surface area contributed by atoms with E-state index in [4.69, 9.17) is 0 Å². The van der Waals surface area contributed by atoms with Gasteiger partial charge in [-0.1, -0.05) is 13.0 Å². The zero-order chi connectivity index (χ0) is 5.78. The summed E-state index contributed by atoms with van der Waals surface area (Å²) in [4.78, 5) is 0. The van der Waals surface area contributed by atoms with Gasteiger partial charge in [0.05, 0.1) is 0 Å². The fourth-order valence-corrected chi connectivity index (χ4v) is 2.07. The molecule has 0 amide bonds. The number of allylic oxidation sites excluding steroid dienone is 1. The first-order chi connectivity index (χ1) is 3.85. The molecule has 2 aliphatic carbocycles. The first-order valence-electron chi connectivity index (χ1n) is 3.48. The van der Waals surface area contributed by atoms with Crippen LogP contribution in [0.3, 0.4) is 0 Å². The summed E-state index contributed by atoms with van der Waals surface area (Å²) in [5.41, 5.74) is 0.653. The van der Waals surface area contributed by atoms with Gasteiger partial charge in [0.2, 0.25) is 0 Å². The van der Waals surface area contributed by atoms with Gasteiger partial charge in [-0.25, -0.2) is 0 Å². The molecule has 2 fully saturated rings. The highest BCUT2D eigenvalue weighted by molar-refractivity contribution is 5.29. The van der Waals surface area contributed by atoms with Crippen molar-refractivity contribution in [1.29, 1.82) is 0 Å². The van der Waals surface area contributed by atoms with Crippen molar-refractivity contribution in [2.24, 2.45) is 17.3 Å². The highest BCUT2D eigenvalue weighted by atomic mass is 14.8. The summed E-state index contributed by atoms with van der Waals surface area (Å²) >= 11 is 0. The predicted octanol–water partition coefficient (Wildman–Crippen LogP) is 2.22. The normalized spacial score (nSPS) is 57.1. The highest BCUT2D eigenvalue weighted by Crippen LogP contribution is 2.79. The number of hydrogen-bond acceptors (Lipinski definition) is 0. The second kappa shape index (κ2) is 1.02. The lowest BCUT2D eigenvalue weighted by Crippen LogP contribution is -2.03. The zero-order valence-electron chi connectivity index (χ0n) is 5.35. The molecule has 0 heterocycles. The van der Waals surface area contributed by atoms with Gasteiger partial charge < -0.3 is 0 Å². The van der Waals surface area contributed by atoms with Gasteiger partial charge in [-0.3, -0.25) is 0 Å². The quantitative estimate of drug-likeness (QED) is 0.476. The Hall–Kier alpha value is -0.260. The molecule has 0 nitrogen and oxygen atoms in total. The third-order valence-electron chi connectivity index (χ3n) is 3.05. The molecule has 0 aromatic heterocycles. The van der Waals surface area contributed by atoms with Crippen molar-refractivity contribution in [3.63, 3.8) is 0 Å². The number of rotatable bonds is 2. The molecular weight excluding hydrogens is 96.1 g/mol. The van der Waals surface area contributed by atoms with Crippen molar-refractivity contribution in [3.8, 4) is 0 Å². The molecule has 0 aromatic carbocycles. The van der Waals surface area contributed by atoms with Crippen LogP contribution >= 0.6 is 0 Å². The average Bonchev–Trinajstić information content (AvgIpc) is 2.53. The van der Waals surface area contributed by atoms with Crippen LogP contribution in [-0.4, -0.2) is 0 Å². The molecule has 2 aliphatic rings. The third kappa shape index (κ3) is 0.273. The van der Waals surface area contributed by atoms with Crippen molar-refractivity contribution in [2.45, 2.75) is 19.8 Å². The van der Waals surface area contributed by atoms with Crippen LogP contribution in [0.15, 0.2) is 12.7 Å². The summed E-state index contributed by atoms with van der Waals surface area (Å²) in [5.74, 6) is 2.15. The van der Waals surface area contributed by atoms with Crippen LogP contribution in [0.4, 0.5) is 0 Å². The number of fused-ring (bicyclic) bond motifs is 1. The van der Waals surface area contributed by atoms with Crippen molar-refractivity contribution in [3.05, 3.63) is 12.7 Å². The van der Waals surface area contributed by atoms with Gasteiger partial charge in [0.25, 0.3) is 0 Å². The molecule has 8 heavy (non-hydrogen) atoms. The standard InChI is InChI=1S/C8H12/c1-3-8(4-2)6-5-7(6)8/h3,6-7H,1,4-5H2,2H3. The van der Waals surface area contributed by atoms with Crippen LogP contribution in [0.5, 0.6) is 0 Å². The van der Waals surface area contributed by atoms with Gasteiger partial charge in [0.1, 0.15) is 0 Å². The predicted molar refractivity (Wildman–Crippen MR) is 34.5 cm³/mol. The zero-order valence-corrected chi connectivity index (χ0v) is 5.35. The monoisotopic (exact) mass is 108 g/mol. The van der Waals surface area contributed by atoms with Gasteiger partial charge in [-0.05, 0) is 30.1 Å². The molecule has 2 saturated carbocycles. The van der Waals surface area contributed by atoms with E-state index >= 15 is 0 Å². The Morgan fingerprint density at radius 2 is 2.38 bits per heavy atom. The Kier molecular flexibility index (Phi) is 0.588. The summed E-state index contributed by atoms with van der Waals surface area (Å²) in [6.07, 6.45) is 5.00. The minimum atomic E-state index is 0.653. The van der Waals surface area contributed by atoms with E-state index in [1.54, 1.807) is 0 Å². The topological polar surface area (TPSA) is 0 Å². The van der Waals surface area contributed by atoms with E-state index in [9.17, 15) is 0 Å². The molecule has 0 heteroatoms. The lowest BCUT2D eigenvalue weighted by atomic mass is 9.92. The molecule has 44 valence electrons. The van der Waals surface area contributed by atoms with Crippen molar-refractivity contribution in [2.75, 3.05) is 0 Å². The second-order valence-electron chi connectivity index (χ2n) is 3.12. The Balaban J connectivity index is 2.11. The van der Waals surface area contributed by atoms with Crippen molar-refractivity contribution in [1.82, 2.24) is 0 Å². The van der Waals surface area contributed by atoms with E-state index in [1.807, 2.05) is 0 Å². The summed E-state index contributed by atoms with van der Waals surface area (Å²) in [6.45, 7) is 6.12. The minimum absolute atomic E-state index is 0.653. The SMILES string of the molecule is C=CC1(CC)C2CC21. The lowest BCUT2D eigenvalue weighted by Gasteiger charge is -2.13. The van der Waals surface area contributed by atoms with Crippen LogP contribution in [0.1, 0.15) is 19.8 Å². The minimum Gasteiger partial charge on any atom is -0.103 e. The Morgan fingerprint density at radius 1 is 1.75 bits per heavy atom. The molecule has 0 bridgehead atoms. The highest BCUT2D eigenvalue weighted by Gasteiger charge is 2.73. The molecule has 0 aromatic rings. The van der Waals surface area contributed by atoms with Crippen molar-refractivity contribution >= 4 is 0 Å². The van der Waals surface area contributed by atoms with E-state index in [2.05, 4.69) is 19.6 Å². The lowest BCUT2D eigenvalue weighted by molar-refractivity contribution is 0.453. The summed E-state index contributed by atoms with van der Waals surface area (Å²) < 4.78 is 0. The second-order valence-corrected chi connectivity index (χ2v) is 3.12. The maximum absolute atomic E-state index is 3.85. The van der Waals surface area contributed by atoms with E-state index < -0.39 is 0 Å². The van der Waals surface area contributed by atoms with Gasteiger partial charge >= 0.3 is 0 Å². The third-order valence-corrected chi connectivity index (χ3v) is 3.05. The maximum atomic E-state index is 3.85. The van der Waals surface area contributed by atoms with Crippen LogP contribution < -0.4 is 0 Å².